The average Bonchev–Trinajstić information content (AvgIpc) is 2.89. The van der Waals surface area contributed by atoms with Crippen LogP contribution in [-0.4, -0.2) is 16.9 Å². The van der Waals surface area contributed by atoms with Crippen LogP contribution in [0.3, 0.4) is 0 Å². The van der Waals surface area contributed by atoms with Gasteiger partial charge in [0.2, 0.25) is 0 Å². The molecule has 0 aliphatic carbocycles. The third kappa shape index (κ3) is 2.21. The van der Waals surface area contributed by atoms with Crippen LogP contribution in [0.5, 0.6) is 5.75 Å². The van der Waals surface area contributed by atoms with Gasteiger partial charge in [0, 0.05) is 7.05 Å². The van der Waals surface area contributed by atoms with Crippen LogP contribution < -0.4 is 16.0 Å². The second-order valence-corrected chi connectivity index (χ2v) is 4.24. The minimum Gasteiger partial charge on any atom is -0.493 e. The number of ether oxygens (including phenoxy) is 1. The van der Waals surface area contributed by atoms with Gasteiger partial charge in [0.25, 0.3) is 0 Å². The Kier molecular flexibility index (Phi) is 3.51. The van der Waals surface area contributed by atoms with E-state index in [9.17, 15) is 0 Å². The van der Waals surface area contributed by atoms with Crippen LogP contribution in [0.2, 0.25) is 0 Å². The van der Waals surface area contributed by atoms with Crippen molar-refractivity contribution in [3.63, 3.8) is 0 Å². The number of aromatic nitrogens is 2. The second-order valence-electron chi connectivity index (χ2n) is 3.46. The average molecular weight is 301 g/mol. The molecule has 0 aromatic carbocycles. The predicted molar refractivity (Wildman–Crippen MR) is 65.3 cm³/mol. The van der Waals surface area contributed by atoms with Crippen molar-refractivity contribution in [1.29, 1.82) is 0 Å². The van der Waals surface area contributed by atoms with Crippen molar-refractivity contribution >= 4 is 15.9 Å². The summed E-state index contributed by atoms with van der Waals surface area (Å²) in [4.78, 5) is 0. The molecule has 0 aliphatic rings. The number of nitrogens with one attached hydrogen (secondary N) is 1. The fraction of sp³-hybridized carbons (Fsp3) is 0.300. The van der Waals surface area contributed by atoms with Gasteiger partial charge in [-0.2, -0.15) is 5.10 Å². The summed E-state index contributed by atoms with van der Waals surface area (Å²) in [5, 5.41) is 4.13. The summed E-state index contributed by atoms with van der Waals surface area (Å²) in [7, 11) is 3.41. The van der Waals surface area contributed by atoms with Gasteiger partial charge in [-0.1, -0.05) is 0 Å². The number of nitrogens with zero attached hydrogens (tertiary/aromatic N) is 2. The van der Waals surface area contributed by atoms with E-state index in [4.69, 9.17) is 15.0 Å². The van der Waals surface area contributed by atoms with Gasteiger partial charge in [0.05, 0.1) is 13.3 Å². The number of hydrogen-bond acceptors (Lipinski definition) is 5. The Morgan fingerprint density at radius 2 is 2.35 bits per heavy atom. The van der Waals surface area contributed by atoms with Crippen LogP contribution in [-0.2, 0) is 7.05 Å². The summed E-state index contributed by atoms with van der Waals surface area (Å²) >= 11 is 3.26. The largest absolute Gasteiger partial charge is 0.493 e. The van der Waals surface area contributed by atoms with Gasteiger partial charge in [0.1, 0.15) is 17.5 Å². The van der Waals surface area contributed by atoms with E-state index in [0.717, 1.165) is 5.69 Å². The Morgan fingerprint density at radius 1 is 1.59 bits per heavy atom. The van der Waals surface area contributed by atoms with E-state index in [1.54, 1.807) is 18.0 Å². The van der Waals surface area contributed by atoms with Gasteiger partial charge in [-0.05, 0) is 28.1 Å². The van der Waals surface area contributed by atoms with Gasteiger partial charge in [0.15, 0.2) is 10.4 Å². The van der Waals surface area contributed by atoms with Crippen LogP contribution in [0.4, 0.5) is 0 Å². The molecule has 0 bridgehead atoms. The molecule has 3 N–H and O–H groups in total. The molecule has 6 nitrogen and oxygen atoms in total. The zero-order chi connectivity index (χ0) is 12.4. The molecule has 0 saturated heterocycles. The Bertz CT molecular complexity index is 508. The lowest BCUT2D eigenvalue weighted by molar-refractivity contribution is 0.384. The number of aryl methyl sites for hydroxylation is 1. The van der Waals surface area contributed by atoms with E-state index in [1.165, 1.54) is 0 Å². The van der Waals surface area contributed by atoms with Crippen LogP contribution in [0.15, 0.2) is 27.4 Å². The van der Waals surface area contributed by atoms with Crippen LogP contribution in [0, 0.1) is 0 Å². The smallest absolute Gasteiger partial charge is 0.169 e. The molecule has 92 valence electrons. The molecule has 17 heavy (non-hydrogen) atoms. The quantitative estimate of drug-likeness (QED) is 0.658. The number of furan rings is 1. The molecule has 0 saturated carbocycles. The van der Waals surface area contributed by atoms with Crippen molar-refractivity contribution in [1.82, 2.24) is 15.2 Å². The lowest BCUT2D eigenvalue weighted by Gasteiger charge is -2.15. The molecule has 2 aromatic heterocycles. The van der Waals surface area contributed by atoms with Crippen molar-refractivity contribution in [2.75, 3.05) is 7.11 Å². The van der Waals surface area contributed by atoms with Crippen LogP contribution in [0.1, 0.15) is 17.5 Å². The lowest BCUT2D eigenvalue weighted by Crippen LogP contribution is -2.30. The van der Waals surface area contributed by atoms with Crippen LogP contribution in [0.25, 0.3) is 0 Å². The molecule has 2 aromatic rings. The number of nitrogens with two attached hydrogens (primary N) is 1. The molecular formula is C10H13BrN4O2. The number of rotatable bonds is 4. The fourth-order valence-corrected chi connectivity index (χ4v) is 2.01. The second kappa shape index (κ2) is 4.91. The normalized spacial score (nSPS) is 12.7. The van der Waals surface area contributed by atoms with Crippen molar-refractivity contribution in [2.24, 2.45) is 12.9 Å². The monoisotopic (exact) mass is 300 g/mol. The minimum atomic E-state index is -0.316. The Morgan fingerprint density at radius 3 is 2.88 bits per heavy atom. The minimum absolute atomic E-state index is 0.316. The van der Waals surface area contributed by atoms with Crippen molar-refractivity contribution < 1.29 is 9.15 Å². The first-order valence-electron chi connectivity index (χ1n) is 4.94. The topological polar surface area (TPSA) is 78.2 Å². The van der Waals surface area contributed by atoms with Crippen molar-refractivity contribution in [3.05, 3.63) is 34.5 Å². The molecule has 7 heteroatoms. The summed E-state index contributed by atoms with van der Waals surface area (Å²) in [6.45, 7) is 0. The van der Waals surface area contributed by atoms with Gasteiger partial charge in [-0.25, -0.2) is 5.43 Å². The number of methoxy groups -OCH3 is 1. The number of hydrazine groups is 1. The zero-order valence-electron chi connectivity index (χ0n) is 9.48. The molecule has 1 unspecified atom stereocenters. The maximum atomic E-state index is 5.58. The van der Waals surface area contributed by atoms with Crippen molar-refractivity contribution in [2.45, 2.75) is 6.04 Å². The highest BCUT2D eigenvalue weighted by Crippen LogP contribution is 2.30. The molecule has 0 aliphatic heterocycles. The molecular weight excluding hydrogens is 288 g/mol. The molecule has 0 spiro atoms. The van der Waals surface area contributed by atoms with E-state index in [1.807, 2.05) is 19.2 Å². The highest BCUT2D eigenvalue weighted by Gasteiger charge is 2.24. The summed E-state index contributed by atoms with van der Waals surface area (Å²) < 4.78 is 13.1. The SMILES string of the molecule is COc1cnn(C)c1C(NN)c1ccc(Br)o1. The van der Waals surface area contributed by atoms with E-state index in [-0.39, 0.29) is 6.04 Å². The summed E-state index contributed by atoms with van der Waals surface area (Å²) in [5.74, 6) is 6.91. The van der Waals surface area contributed by atoms with Gasteiger partial charge in [-0.15, -0.1) is 0 Å². The highest BCUT2D eigenvalue weighted by molar-refractivity contribution is 9.10. The first-order chi connectivity index (χ1) is 8.17. The van der Waals surface area contributed by atoms with Gasteiger partial charge in [-0.3, -0.25) is 10.5 Å². The third-order valence-corrected chi connectivity index (χ3v) is 2.91. The van der Waals surface area contributed by atoms with Crippen molar-refractivity contribution in [3.8, 4) is 5.75 Å². The fourth-order valence-electron chi connectivity index (χ4n) is 1.69. The van der Waals surface area contributed by atoms with E-state index >= 15 is 0 Å². The summed E-state index contributed by atoms with van der Waals surface area (Å²) in [6, 6.07) is 3.33. The number of halogens is 1. The Balaban J connectivity index is 2.44. The van der Waals surface area contributed by atoms with Gasteiger partial charge < -0.3 is 9.15 Å². The summed E-state index contributed by atoms with van der Waals surface area (Å²) in [6.07, 6.45) is 1.64. The third-order valence-electron chi connectivity index (χ3n) is 2.49. The Labute approximate surface area is 107 Å². The Hall–Kier alpha value is -1.31. The van der Waals surface area contributed by atoms with E-state index in [2.05, 4.69) is 26.5 Å². The molecule has 0 fully saturated rings. The van der Waals surface area contributed by atoms with E-state index < -0.39 is 0 Å². The molecule has 0 radical (unpaired) electrons. The zero-order valence-corrected chi connectivity index (χ0v) is 11.1. The maximum Gasteiger partial charge on any atom is 0.169 e. The summed E-state index contributed by atoms with van der Waals surface area (Å²) in [5.41, 5.74) is 3.50. The highest BCUT2D eigenvalue weighted by atomic mass is 79.9. The molecule has 0 amide bonds. The van der Waals surface area contributed by atoms with Gasteiger partial charge >= 0.3 is 0 Å². The van der Waals surface area contributed by atoms with E-state index in [0.29, 0.717) is 16.2 Å². The standard InChI is InChI=1S/C10H13BrN4O2/c1-15-10(7(16-2)5-13-15)9(14-12)6-3-4-8(11)17-6/h3-5,9,14H,12H2,1-2H3. The molecule has 2 heterocycles. The predicted octanol–water partition coefficient (Wildman–Crippen LogP) is 1.34. The van der Waals surface area contributed by atoms with Crippen LogP contribution >= 0.6 is 15.9 Å². The lowest BCUT2D eigenvalue weighted by atomic mass is 10.1. The molecule has 2 rings (SSSR count). The maximum absolute atomic E-state index is 5.58. The molecule has 1 atom stereocenters. The first-order valence-corrected chi connectivity index (χ1v) is 5.74. The number of hydrogen-bond donors (Lipinski definition) is 2. The first kappa shape index (κ1) is 12.2.